The van der Waals surface area contributed by atoms with Gasteiger partial charge in [0.1, 0.15) is 0 Å². The molecule has 0 atom stereocenters. The van der Waals surface area contributed by atoms with E-state index in [-0.39, 0.29) is 0 Å². The highest BCUT2D eigenvalue weighted by Crippen LogP contribution is 2.32. The van der Waals surface area contributed by atoms with E-state index in [1.165, 1.54) is 0 Å². The summed E-state index contributed by atoms with van der Waals surface area (Å²) in [7, 11) is 3.19. The Morgan fingerprint density at radius 2 is 1.81 bits per heavy atom. The molecule has 1 aromatic rings. The number of hydrogen-bond acceptors (Lipinski definition) is 5. The predicted octanol–water partition coefficient (Wildman–Crippen LogP) is 1.96. The lowest BCUT2D eigenvalue weighted by Crippen LogP contribution is -1.98. The maximum absolute atomic E-state index is 5.51. The van der Waals surface area contributed by atoms with Crippen LogP contribution in [0.2, 0.25) is 0 Å². The van der Waals surface area contributed by atoms with E-state index in [0.29, 0.717) is 17.7 Å². The van der Waals surface area contributed by atoms with Gasteiger partial charge in [0.05, 0.1) is 19.9 Å². The first-order valence-electron chi connectivity index (χ1n) is 4.73. The van der Waals surface area contributed by atoms with E-state index in [9.17, 15) is 0 Å². The van der Waals surface area contributed by atoms with E-state index in [1.54, 1.807) is 20.3 Å². The van der Waals surface area contributed by atoms with Gasteiger partial charge in [-0.05, 0) is 24.3 Å². The molecule has 2 N–H and O–H groups in total. The van der Waals surface area contributed by atoms with Crippen LogP contribution < -0.4 is 15.2 Å². The monoisotopic (exact) mass is 218 g/mol. The Bertz CT molecular complexity index is 455. The summed E-state index contributed by atoms with van der Waals surface area (Å²) in [5, 5.41) is 7.69. The van der Waals surface area contributed by atoms with E-state index in [2.05, 4.69) is 10.2 Å². The highest BCUT2D eigenvalue weighted by atomic mass is 16.5. The van der Waals surface area contributed by atoms with Crippen LogP contribution in [0.25, 0.3) is 5.70 Å². The minimum absolute atomic E-state index is 0.407. The standard InChI is InChI=1S/C11H12N3O2/c1-15-9-4-3-7(5-10(9)16-2)8-6-11(12)14-13-8/h3-6H,12H2,1-2H3. The molecule has 5 heteroatoms. The van der Waals surface area contributed by atoms with E-state index < -0.39 is 0 Å². The minimum Gasteiger partial charge on any atom is -0.493 e. The summed E-state index contributed by atoms with van der Waals surface area (Å²) in [5.41, 5.74) is 7.12. The number of ether oxygens (including phenoxy) is 2. The second kappa shape index (κ2) is 4.32. The minimum atomic E-state index is 0.407. The summed E-state index contributed by atoms with van der Waals surface area (Å²) in [4.78, 5) is 0. The van der Waals surface area contributed by atoms with Crippen LogP contribution in [0.15, 0.2) is 34.5 Å². The van der Waals surface area contributed by atoms with E-state index in [0.717, 1.165) is 11.3 Å². The molecule has 1 heterocycles. The maximum Gasteiger partial charge on any atom is 0.194 e. The van der Waals surface area contributed by atoms with Gasteiger partial charge in [0.2, 0.25) is 0 Å². The van der Waals surface area contributed by atoms with Crippen LogP contribution in [0, 0.1) is 6.17 Å². The lowest BCUT2D eigenvalue weighted by atomic mass is 10.1. The number of nitrogens with zero attached hydrogens (tertiary/aromatic N) is 2. The summed E-state index contributed by atoms with van der Waals surface area (Å²) >= 11 is 0. The molecule has 0 amide bonds. The molecule has 1 aromatic carbocycles. The van der Waals surface area contributed by atoms with Crippen LogP contribution in [0.1, 0.15) is 5.56 Å². The van der Waals surface area contributed by atoms with E-state index in [1.807, 2.05) is 18.2 Å². The second-order valence-corrected chi connectivity index (χ2v) is 3.22. The Balaban J connectivity index is 2.37. The molecule has 1 aliphatic heterocycles. The molecule has 2 rings (SSSR count). The zero-order chi connectivity index (χ0) is 11.5. The Labute approximate surface area is 93.6 Å². The summed E-state index contributed by atoms with van der Waals surface area (Å²) in [6.45, 7) is 0. The van der Waals surface area contributed by atoms with Crippen molar-refractivity contribution in [2.45, 2.75) is 0 Å². The predicted molar refractivity (Wildman–Crippen MR) is 59.8 cm³/mol. The molecule has 0 saturated heterocycles. The van der Waals surface area contributed by atoms with Gasteiger partial charge < -0.3 is 9.47 Å². The molecule has 0 aliphatic carbocycles. The molecule has 0 spiro atoms. The summed E-state index contributed by atoms with van der Waals surface area (Å²) in [6, 6.07) is 5.53. The molecule has 83 valence electrons. The first-order chi connectivity index (χ1) is 7.74. The van der Waals surface area contributed by atoms with Gasteiger partial charge in [-0.2, -0.15) is 10.2 Å². The molecule has 16 heavy (non-hydrogen) atoms. The van der Waals surface area contributed by atoms with Gasteiger partial charge >= 0.3 is 0 Å². The van der Waals surface area contributed by atoms with Crippen molar-refractivity contribution >= 4 is 5.70 Å². The Hall–Kier alpha value is -1.88. The molecule has 0 bridgehead atoms. The van der Waals surface area contributed by atoms with Crippen molar-refractivity contribution in [1.29, 1.82) is 0 Å². The van der Waals surface area contributed by atoms with Crippen molar-refractivity contribution in [3.63, 3.8) is 0 Å². The zero-order valence-corrected chi connectivity index (χ0v) is 9.10. The number of benzene rings is 1. The molecule has 0 aromatic heterocycles. The topological polar surface area (TPSA) is 69.2 Å². The Kier molecular flexibility index (Phi) is 2.87. The third-order valence-electron chi connectivity index (χ3n) is 2.24. The zero-order valence-electron chi connectivity index (χ0n) is 9.10. The van der Waals surface area contributed by atoms with E-state index >= 15 is 0 Å². The van der Waals surface area contributed by atoms with E-state index in [4.69, 9.17) is 15.2 Å². The third kappa shape index (κ3) is 1.90. The van der Waals surface area contributed by atoms with Crippen molar-refractivity contribution in [3.05, 3.63) is 36.0 Å². The highest BCUT2D eigenvalue weighted by molar-refractivity contribution is 5.69. The fourth-order valence-electron chi connectivity index (χ4n) is 1.45. The molecule has 0 fully saturated rings. The number of hydrogen-bond donors (Lipinski definition) is 1. The smallest absolute Gasteiger partial charge is 0.194 e. The van der Waals surface area contributed by atoms with Gasteiger partial charge in [0, 0.05) is 5.56 Å². The average molecular weight is 218 g/mol. The number of methoxy groups -OCH3 is 2. The molecule has 0 unspecified atom stereocenters. The maximum atomic E-state index is 5.51. The quantitative estimate of drug-likeness (QED) is 0.843. The molecular weight excluding hydrogens is 206 g/mol. The van der Waals surface area contributed by atoms with Crippen LogP contribution in [-0.4, -0.2) is 14.2 Å². The lowest BCUT2D eigenvalue weighted by Gasteiger charge is -2.08. The van der Waals surface area contributed by atoms with Gasteiger partial charge in [0.25, 0.3) is 0 Å². The summed E-state index contributed by atoms with van der Waals surface area (Å²) in [5.74, 6) is 1.33. The van der Waals surface area contributed by atoms with Gasteiger partial charge in [-0.1, -0.05) is 0 Å². The molecular formula is C11H12N3O2. The van der Waals surface area contributed by atoms with Gasteiger partial charge in [-0.3, -0.25) is 5.73 Å². The van der Waals surface area contributed by atoms with Crippen LogP contribution in [0.3, 0.4) is 0 Å². The van der Waals surface area contributed by atoms with Gasteiger partial charge in [-0.15, -0.1) is 0 Å². The largest absolute Gasteiger partial charge is 0.493 e. The number of nitrogens with two attached hydrogens (primary N) is 1. The first kappa shape index (κ1) is 10.6. The third-order valence-corrected chi connectivity index (χ3v) is 2.24. The van der Waals surface area contributed by atoms with Crippen molar-refractivity contribution in [3.8, 4) is 11.5 Å². The van der Waals surface area contributed by atoms with Crippen LogP contribution in [0.4, 0.5) is 0 Å². The normalized spacial score (nSPS) is 15.1. The Morgan fingerprint density at radius 1 is 1.06 bits per heavy atom. The fraction of sp³-hybridized carbons (Fsp3) is 0.182. The fourth-order valence-corrected chi connectivity index (χ4v) is 1.45. The number of azo groups is 1. The highest BCUT2D eigenvalue weighted by Gasteiger charge is 2.13. The van der Waals surface area contributed by atoms with Crippen molar-refractivity contribution in [2.24, 2.45) is 16.0 Å². The SMILES string of the molecule is COc1ccc(C2=C[C](N)N=N2)cc1OC. The summed E-state index contributed by atoms with van der Waals surface area (Å²) in [6.07, 6.45) is 2.12. The van der Waals surface area contributed by atoms with Crippen LogP contribution in [0.5, 0.6) is 11.5 Å². The van der Waals surface area contributed by atoms with Crippen LogP contribution in [-0.2, 0) is 0 Å². The van der Waals surface area contributed by atoms with Crippen molar-refractivity contribution in [2.75, 3.05) is 14.2 Å². The molecule has 1 aliphatic rings. The summed E-state index contributed by atoms with van der Waals surface area (Å²) < 4.78 is 10.3. The van der Waals surface area contributed by atoms with Gasteiger partial charge in [-0.25, -0.2) is 0 Å². The first-order valence-corrected chi connectivity index (χ1v) is 4.73. The van der Waals surface area contributed by atoms with Crippen molar-refractivity contribution < 1.29 is 9.47 Å². The Morgan fingerprint density at radius 3 is 2.38 bits per heavy atom. The molecule has 0 saturated carbocycles. The van der Waals surface area contributed by atoms with Crippen LogP contribution >= 0.6 is 0 Å². The van der Waals surface area contributed by atoms with Gasteiger partial charge in [0.15, 0.2) is 17.7 Å². The lowest BCUT2D eigenvalue weighted by molar-refractivity contribution is 0.355. The van der Waals surface area contributed by atoms with Crippen molar-refractivity contribution in [1.82, 2.24) is 0 Å². The molecule has 1 radical (unpaired) electrons. The average Bonchev–Trinajstić information content (AvgIpc) is 2.75. The number of rotatable bonds is 3. The molecule has 5 nitrogen and oxygen atoms in total. The second-order valence-electron chi connectivity index (χ2n) is 3.22.